The number of nitrogens with two attached hydrogens (primary N) is 1. The largest absolute Gasteiger partial charge is 0.330 e. The molecule has 2 nitrogen and oxygen atoms in total. The summed E-state index contributed by atoms with van der Waals surface area (Å²) >= 11 is 0. The van der Waals surface area contributed by atoms with Crippen LogP contribution in [0.5, 0.6) is 0 Å². The van der Waals surface area contributed by atoms with Crippen molar-refractivity contribution in [1.29, 1.82) is 0 Å². The van der Waals surface area contributed by atoms with Crippen molar-refractivity contribution < 1.29 is 0 Å². The minimum Gasteiger partial charge on any atom is -0.330 e. The number of benzene rings is 1. The SMILES string of the molecule is CCC(C)c1ccc(C(CN)CN2CCCC2)cc1. The van der Waals surface area contributed by atoms with E-state index in [0.29, 0.717) is 11.8 Å². The molecule has 106 valence electrons. The monoisotopic (exact) mass is 260 g/mol. The quantitative estimate of drug-likeness (QED) is 0.850. The van der Waals surface area contributed by atoms with Gasteiger partial charge < -0.3 is 10.6 Å². The highest BCUT2D eigenvalue weighted by Gasteiger charge is 2.18. The van der Waals surface area contributed by atoms with Gasteiger partial charge in [0.05, 0.1) is 0 Å². The molecule has 2 atom stereocenters. The number of hydrogen-bond acceptors (Lipinski definition) is 2. The zero-order chi connectivity index (χ0) is 13.7. The van der Waals surface area contributed by atoms with Gasteiger partial charge in [0.1, 0.15) is 0 Å². The highest BCUT2D eigenvalue weighted by Crippen LogP contribution is 2.23. The molecule has 0 amide bonds. The molecule has 2 unspecified atom stereocenters. The Hall–Kier alpha value is -0.860. The maximum Gasteiger partial charge on any atom is 0.00888 e. The van der Waals surface area contributed by atoms with Crippen LogP contribution in [-0.4, -0.2) is 31.1 Å². The van der Waals surface area contributed by atoms with Crippen molar-refractivity contribution in [1.82, 2.24) is 4.90 Å². The van der Waals surface area contributed by atoms with Gasteiger partial charge in [0, 0.05) is 19.0 Å². The van der Waals surface area contributed by atoms with E-state index >= 15 is 0 Å². The zero-order valence-corrected chi connectivity index (χ0v) is 12.4. The van der Waals surface area contributed by atoms with Crippen LogP contribution >= 0.6 is 0 Å². The van der Waals surface area contributed by atoms with Gasteiger partial charge in [0.25, 0.3) is 0 Å². The molecule has 1 aliphatic heterocycles. The molecule has 0 aromatic heterocycles. The lowest BCUT2D eigenvalue weighted by Crippen LogP contribution is -2.29. The van der Waals surface area contributed by atoms with E-state index in [2.05, 4.69) is 43.0 Å². The van der Waals surface area contributed by atoms with Crippen molar-refractivity contribution in [2.24, 2.45) is 5.73 Å². The highest BCUT2D eigenvalue weighted by atomic mass is 15.1. The topological polar surface area (TPSA) is 29.3 Å². The average molecular weight is 260 g/mol. The molecule has 1 heterocycles. The first-order valence-corrected chi connectivity index (χ1v) is 7.76. The standard InChI is InChI=1S/C17H28N2/c1-3-14(2)15-6-8-16(9-7-15)17(12-18)13-19-10-4-5-11-19/h6-9,14,17H,3-5,10-13,18H2,1-2H3. The van der Waals surface area contributed by atoms with Crippen molar-refractivity contribution in [2.75, 3.05) is 26.2 Å². The lowest BCUT2D eigenvalue weighted by Gasteiger charge is -2.23. The van der Waals surface area contributed by atoms with Crippen molar-refractivity contribution >= 4 is 0 Å². The van der Waals surface area contributed by atoms with E-state index in [1.165, 1.54) is 43.5 Å². The Morgan fingerprint density at radius 2 is 1.68 bits per heavy atom. The summed E-state index contributed by atoms with van der Waals surface area (Å²) in [6.45, 7) is 8.91. The summed E-state index contributed by atoms with van der Waals surface area (Å²) in [5, 5.41) is 0. The lowest BCUT2D eigenvalue weighted by molar-refractivity contribution is 0.315. The Morgan fingerprint density at radius 1 is 1.11 bits per heavy atom. The van der Waals surface area contributed by atoms with Crippen LogP contribution < -0.4 is 5.73 Å². The third-order valence-electron chi connectivity index (χ3n) is 4.55. The van der Waals surface area contributed by atoms with Gasteiger partial charge in [-0.05, 0) is 49.4 Å². The van der Waals surface area contributed by atoms with Crippen LogP contribution in [-0.2, 0) is 0 Å². The summed E-state index contributed by atoms with van der Waals surface area (Å²) < 4.78 is 0. The third kappa shape index (κ3) is 3.80. The van der Waals surface area contributed by atoms with Gasteiger partial charge in [-0.3, -0.25) is 0 Å². The molecule has 19 heavy (non-hydrogen) atoms. The molecule has 2 N–H and O–H groups in total. The summed E-state index contributed by atoms with van der Waals surface area (Å²) in [6, 6.07) is 9.15. The van der Waals surface area contributed by atoms with Crippen molar-refractivity contribution in [3.63, 3.8) is 0 Å². The minimum atomic E-state index is 0.490. The van der Waals surface area contributed by atoms with Gasteiger partial charge in [-0.15, -0.1) is 0 Å². The second-order valence-corrected chi connectivity index (χ2v) is 5.92. The van der Waals surface area contributed by atoms with Crippen molar-refractivity contribution in [3.8, 4) is 0 Å². The maximum atomic E-state index is 5.98. The van der Waals surface area contributed by atoms with Crippen LogP contribution in [0.2, 0.25) is 0 Å². The Bertz CT molecular complexity index is 365. The van der Waals surface area contributed by atoms with Gasteiger partial charge in [-0.1, -0.05) is 38.1 Å². The van der Waals surface area contributed by atoms with Crippen molar-refractivity contribution in [3.05, 3.63) is 35.4 Å². The first-order chi connectivity index (χ1) is 9.24. The summed E-state index contributed by atoms with van der Waals surface area (Å²) in [5.74, 6) is 1.15. The second kappa shape index (κ2) is 7.06. The Kier molecular flexibility index (Phi) is 5.41. The molecule has 1 saturated heterocycles. The van der Waals surface area contributed by atoms with E-state index in [1.54, 1.807) is 0 Å². The summed E-state index contributed by atoms with van der Waals surface area (Å²) in [6.07, 6.45) is 3.90. The first kappa shape index (κ1) is 14.5. The zero-order valence-electron chi connectivity index (χ0n) is 12.4. The molecule has 0 radical (unpaired) electrons. The number of hydrogen-bond donors (Lipinski definition) is 1. The highest BCUT2D eigenvalue weighted by molar-refractivity contribution is 5.28. The number of likely N-dealkylation sites (tertiary alicyclic amines) is 1. The van der Waals surface area contributed by atoms with E-state index in [9.17, 15) is 0 Å². The van der Waals surface area contributed by atoms with Crippen LogP contribution in [0.3, 0.4) is 0 Å². The molecule has 2 heteroatoms. The predicted molar refractivity (Wildman–Crippen MR) is 82.6 cm³/mol. The van der Waals surface area contributed by atoms with Crippen molar-refractivity contribution in [2.45, 2.75) is 44.9 Å². The molecule has 1 aromatic carbocycles. The summed E-state index contributed by atoms with van der Waals surface area (Å²) in [7, 11) is 0. The fourth-order valence-electron chi connectivity index (χ4n) is 2.93. The van der Waals surface area contributed by atoms with E-state index in [-0.39, 0.29) is 0 Å². The van der Waals surface area contributed by atoms with Gasteiger partial charge in [-0.25, -0.2) is 0 Å². The van der Waals surface area contributed by atoms with Gasteiger partial charge >= 0.3 is 0 Å². The maximum absolute atomic E-state index is 5.98. The molecule has 1 aliphatic rings. The molecule has 1 aromatic rings. The molecule has 0 saturated carbocycles. The number of nitrogens with zero attached hydrogens (tertiary/aromatic N) is 1. The molecular weight excluding hydrogens is 232 g/mol. The predicted octanol–water partition coefficient (Wildman–Crippen LogP) is 3.34. The van der Waals surface area contributed by atoms with Crippen LogP contribution in [0.15, 0.2) is 24.3 Å². The van der Waals surface area contributed by atoms with Crippen LogP contribution in [0, 0.1) is 0 Å². The Labute approximate surface area is 118 Å². The van der Waals surface area contributed by atoms with Crippen LogP contribution in [0.25, 0.3) is 0 Å². The molecule has 0 bridgehead atoms. The van der Waals surface area contributed by atoms with E-state index < -0.39 is 0 Å². The molecular formula is C17H28N2. The second-order valence-electron chi connectivity index (χ2n) is 5.92. The van der Waals surface area contributed by atoms with Crippen LogP contribution in [0.1, 0.15) is 56.1 Å². The molecule has 1 fully saturated rings. The summed E-state index contributed by atoms with van der Waals surface area (Å²) in [4.78, 5) is 2.56. The minimum absolute atomic E-state index is 0.490. The average Bonchev–Trinajstić information content (AvgIpc) is 2.97. The van der Waals surface area contributed by atoms with E-state index in [4.69, 9.17) is 5.73 Å². The van der Waals surface area contributed by atoms with Gasteiger partial charge in [0.2, 0.25) is 0 Å². The van der Waals surface area contributed by atoms with E-state index in [0.717, 1.165) is 13.1 Å². The molecule has 0 aliphatic carbocycles. The smallest absolute Gasteiger partial charge is 0.00888 e. The summed E-state index contributed by atoms with van der Waals surface area (Å²) in [5.41, 5.74) is 8.83. The molecule has 0 spiro atoms. The third-order valence-corrected chi connectivity index (χ3v) is 4.55. The molecule has 2 rings (SSSR count). The van der Waals surface area contributed by atoms with Gasteiger partial charge in [0.15, 0.2) is 0 Å². The lowest BCUT2D eigenvalue weighted by atomic mass is 9.93. The fourth-order valence-corrected chi connectivity index (χ4v) is 2.93. The van der Waals surface area contributed by atoms with Gasteiger partial charge in [-0.2, -0.15) is 0 Å². The Balaban J connectivity index is 2.01. The van der Waals surface area contributed by atoms with E-state index in [1.807, 2.05) is 0 Å². The van der Waals surface area contributed by atoms with Crippen LogP contribution in [0.4, 0.5) is 0 Å². The number of rotatable bonds is 6. The Morgan fingerprint density at radius 3 is 2.21 bits per heavy atom. The first-order valence-electron chi connectivity index (χ1n) is 7.76. The normalized spacial score (nSPS) is 19.5. The fraction of sp³-hybridized carbons (Fsp3) is 0.647.